The third-order valence-electron chi connectivity index (χ3n) is 4.08. The second-order valence-corrected chi connectivity index (χ2v) is 5.86. The fourth-order valence-corrected chi connectivity index (χ4v) is 2.76. The Bertz CT molecular complexity index is 824. The van der Waals surface area contributed by atoms with Crippen LogP contribution in [0.4, 0.5) is 0 Å². The predicted octanol–water partition coefficient (Wildman–Crippen LogP) is 3.78. The molecule has 25 heavy (non-hydrogen) atoms. The number of benzene rings is 2. The van der Waals surface area contributed by atoms with Gasteiger partial charge in [-0.15, -0.1) is 0 Å². The Kier molecular flexibility index (Phi) is 5.09. The van der Waals surface area contributed by atoms with Gasteiger partial charge in [-0.3, -0.25) is 4.99 Å². The highest BCUT2D eigenvalue weighted by Gasteiger charge is 2.28. The summed E-state index contributed by atoms with van der Waals surface area (Å²) in [6.07, 6.45) is 8.38. The van der Waals surface area contributed by atoms with Crippen molar-refractivity contribution in [3.8, 4) is 5.75 Å². The van der Waals surface area contributed by atoms with E-state index in [1.807, 2.05) is 66.7 Å². The van der Waals surface area contributed by atoms with Crippen molar-refractivity contribution in [2.75, 3.05) is 6.54 Å². The Morgan fingerprint density at radius 2 is 2.04 bits per heavy atom. The van der Waals surface area contributed by atoms with Crippen LogP contribution in [0.1, 0.15) is 11.1 Å². The standard InChI is InChI=1S/C21H19NO3/c23-20(24)10-12-21(11-5-13-22-16-21)18-8-4-9-19(14-18)25-15-17-6-2-1-3-7-17/h1-14H,15-16H2,(H,23,24)/b12-10+. The van der Waals surface area contributed by atoms with Crippen LogP contribution >= 0.6 is 0 Å². The van der Waals surface area contributed by atoms with Crippen molar-refractivity contribution < 1.29 is 14.6 Å². The zero-order valence-corrected chi connectivity index (χ0v) is 13.7. The monoisotopic (exact) mass is 333 g/mol. The number of dihydropyridines is 1. The van der Waals surface area contributed by atoms with E-state index in [9.17, 15) is 4.79 Å². The van der Waals surface area contributed by atoms with Crippen molar-refractivity contribution in [2.45, 2.75) is 12.0 Å². The van der Waals surface area contributed by atoms with Crippen LogP contribution in [-0.2, 0) is 16.8 Å². The number of carbonyl (C=O) groups is 1. The molecule has 4 nitrogen and oxygen atoms in total. The molecule has 1 aliphatic heterocycles. The van der Waals surface area contributed by atoms with E-state index in [0.29, 0.717) is 13.2 Å². The molecule has 1 heterocycles. The van der Waals surface area contributed by atoms with E-state index in [0.717, 1.165) is 16.9 Å². The van der Waals surface area contributed by atoms with Gasteiger partial charge < -0.3 is 9.84 Å². The van der Waals surface area contributed by atoms with Gasteiger partial charge in [0.05, 0.1) is 12.0 Å². The van der Waals surface area contributed by atoms with Gasteiger partial charge in [-0.2, -0.15) is 0 Å². The molecule has 126 valence electrons. The van der Waals surface area contributed by atoms with Crippen LogP contribution in [0.5, 0.6) is 5.75 Å². The first-order chi connectivity index (χ1) is 12.2. The molecule has 1 atom stereocenters. The Labute approximate surface area is 146 Å². The molecule has 0 spiro atoms. The third-order valence-corrected chi connectivity index (χ3v) is 4.08. The summed E-state index contributed by atoms with van der Waals surface area (Å²) in [4.78, 5) is 15.3. The van der Waals surface area contributed by atoms with Gasteiger partial charge in [0.25, 0.3) is 0 Å². The normalized spacial score (nSPS) is 19.2. The number of carboxylic acids is 1. The smallest absolute Gasteiger partial charge is 0.328 e. The van der Waals surface area contributed by atoms with Crippen LogP contribution in [0, 0.1) is 0 Å². The minimum absolute atomic E-state index is 0.468. The molecule has 0 amide bonds. The van der Waals surface area contributed by atoms with Crippen molar-refractivity contribution in [3.63, 3.8) is 0 Å². The molecule has 0 aliphatic carbocycles. The number of allylic oxidation sites excluding steroid dienone is 1. The van der Waals surface area contributed by atoms with Gasteiger partial charge in [-0.25, -0.2) is 4.79 Å². The quantitative estimate of drug-likeness (QED) is 0.818. The maximum absolute atomic E-state index is 11.0. The first-order valence-corrected chi connectivity index (χ1v) is 8.05. The van der Waals surface area contributed by atoms with Crippen LogP contribution in [0.2, 0.25) is 0 Å². The van der Waals surface area contributed by atoms with Crippen molar-refractivity contribution in [1.29, 1.82) is 0 Å². The van der Waals surface area contributed by atoms with Gasteiger partial charge in [-0.1, -0.05) is 54.6 Å². The zero-order chi connectivity index (χ0) is 17.5. The van der Waals surface area contributed by atoms with Crippen LogP contribution in [0.25, 0.3) is 0 Å². The van der Waals surface area contributed by atoms with E-state index in [1.165, 1.54) is 6.08 Å². The molecule has 0 fully saturated rings. The fraction of sp³-hybridized carbons (Fsp3) is 0.143. The first kappa shape index (κ1) is 16.7. The second-order valence-electron chi connectivity index (χ2n) is 5.86. The van der Waals surface area contributed by atoms with Crippen LogP contribution in [0.3, 0.4) is 0 Å². The topological polar surface area (TPSA) is 58.9 Å². The summed E-state index contributed by atoms with van der Waals surface area (Å²) in [5.74, 6) is -0.230. The van der Waals surface area contributed by atoms with Crippen molar-refractivity contribution in [1.82, 2.24) is 0 Å². The molecule has 2 aromatic rings. The lowest BCUT2D eigenvalue weighted by Crippen LogP contribution is -2.27. The van der Waals surface area contributed by atoms with Crippen molar-refractivity contribution in [3.05, 3.63) is 90.0 Å². The molecule has 0 bridgehead atoms. The lowest BCUT2D eigenvalue weighted by Gasteiger charge is -2.28. The van der Waals surface area contributed by atoms with Crippen molar-refractivity contribution in [2.24, 2.45) is 4.99 Å². The van der Waals surface area contributed by atoms with Gasteiger partial charge in [0, 0.05) is 12.3 Å². The van der Waals surface area contributed by atoms with E-state index in [4.69, 9.17) is 9.84 Å². The Morgan fingerprint density at radius 3 is 2.76 bits per heavy atom. The number of aliphatic imine (C=N–C) groups is 1. The number of carboxylic acid groups (broad SMARTS) is 1. The summed E-state index contributed by atoms with van der Waals surface area (Å²) in [5.41, 5.74) is 1.47. The summed E-state index contributed by atoms with van der Waals surface area (Å²) in [6.45, 7) is 0.950. The van der Waals surface area contributed by atoms with E-state index in [2.05, 4.69) is 4.99 Å². The number of aliphatic carboxylic acids is 1. The van der Waals surface area contributed by atoms with Gasteiger partial charge >= 0.3 is 5.97 Å². The largest absolute Gasteiger partial charge is 0.489 e. The average Bonchev–Trinajstić information content (AvgIpc) is 2.67. The first-order valence-electron chi connectivity index (χ1n) is 8.05. The van der Waals surface area contributed by atoms with E-state index in [1.54, 1.807) is 12.3 Å². The summed E-state index contributed by atoms with van der Waals surface area (Å²) >= 11 is 0. The van der Waals surface area contributed by atoms with E-state index < -0.39 is 11.4 Å². The molecule has 1 N–H and O–H groups in total. The van der Waals surface area contributed by atoms with Crippen LogP contribution < -0.4 is 4.74 Å². The Hall–Kier alpha value is -3.14. The number of nitrogens with zero attached hydrogens (tertiary/aromatic N) is 1. The molecule has 0 saturated heterocycles. The molecule has 3 rings (SSSR count). The minimum atomic E-state index is -0.973. The number of rotatable bonds is 6. The van der Waals surface area contributed by atoms with Crippen molar-refractivity contribution >= 4 is 12.2 Å². The van der Waals surface area contributed by atoms with E-state index >= 15 is 0 Å². The minimum Gasteiger partial charge on any atom is -0.489 e. The Morgan fingerprint density at radius 1 is 1.20 bits per heavy atom. The zero-order valence-electron chi connectivity index (χ0n) is 13.7. The predicted molar refractivity (Wildman–Crippen MR) is 98.2 cm³/mol. The molecular formula is C21H19NO3. The maximum Gasteiger partial charge on any atom is 0.328 e. The molecular weight excluding hydrogens is 314 g/mol. The molecule has 0 radical (unpaired) electrons. The van der Waals surface area contributed by atoms with Crippen LogP contribution in [0.15, 0.2) is 83.9 Å². The SMILES string of the molecule is O=C(O)/C=C/C1(c2cccc(OCc3ccccc3)c2)C=CC=NC1. The lowest BCUT2D eigenvalue weighted by atomic mass is 9.78. The highest BCUT2D eigenvalue weighted by atomic mass is 16.5. The summed E-state index contributed by atoms with van der Waals surface area (Å²) in [7, 11) is 0. The summed E-state index contributed by atoms with van der Waals surface area (Å²) in [6, 6.07) is 17.7. The Balaban J connectivity index is 1.84. The molecule has 1 unspecified atom stereocenters. The molecule has 4 heteroatoms. The third kappa shape index (κ3) is 4.23. The van der Waals surface area contributed by atoms with Gasteiger partial charge in [-0.05, 0) is 29.3 Å². The lowest BCUT2D eigenvalue weighted by molar-refractivity contribution is -0.131. The number of ether oxygens (including phenoxy) is 1. The highest BCUT2D eigenvalue weighted by molar-refractivity contribution is 5.81. The summed E-state index contributed by atoms with van der Waals surface area (Å²) < 4.78 is 5.89. The highest BCUT2D eigenvalue weighted by Crippen LogP contribution is 2.32. The second kappa shape index (κ2) is 7.62. The van der Waals surface area contributed by atoms with Gasteiger partial charge in [0.1, 0.15) is 12.4 Å². The van der Waals surface area contributed by atoms with Gasteiger partial charge in [0.15, 0.2) is 0 Å². The molecule has 2 aromatic carbocycles. The van der Waals surface area contributed by atoms with Gasteiger partial charge in [0.2, 0.25) is 0 Å². The number of hydrogen-bond donors (Lipinski definition) is 1. The van der Waals surface area contributed by atoms with Crippen LogP contribution in [-0.4, -0.2) is 23.8 Å². The molecule has 0 saturated carbocycles. The van der Waals surface area contributed by atoms with E-state index in [-0.39, 0.29) is 0 Å². The molecule has 1 aliphatic rings. The number of hydrogen-bond acceptors (Lipinski definition) is 3. The summed E-state index contributed by atoms with van der Waals surface area (Å²) in [5, 5.41) is 9.00. The average molecular weight is 333 g/mol. The fourth-order valence-electron chi connectivity index (χ4n) is 2.76. The maximum atomic E-state index is 11.0. The molecule has 0 aromatic heterocycles.